The summed E-state index contributed by atoms with van der Waals surface area (Å²) in [5.74, 6) is -1.38. The predicted molar refractivity (Wildman–Crippen MR) is 79.8 cm³/mol. The van der Waals surface area contributed by atoms with E-state index in [4.69, 9.17) is 0 Å². The first-order valence-corrected chi connectivity index (χ1v) is 6.93. The quantitative estimate of drug-likeness (QED) is 0.823. The van der Waals surface area contributed by atoms with Gasteiger partial charge in [-0.2, -0.15) is 0 Å². The van der Waals surface area contributed by atoms with E-state index >= 15 is 0 Å². The lowest BCUT2D eigenvalue weighted by atomic mass is 10.1. The van der Waals surface area contributed by atoms with Crippen LogP contribution in [0, 0.1) is 5.82 Å². The molecule has 0 bridgehead atoms. The molecule has 1 unspecified atom stereocenters. The van der Waals surface area contributed by atoms with Crippen molar-refractivity contribution in [3.8, 4) is 5.75 Å². The van der Waals surface area contributed by atoms with Crippen LogP contribution in [0.5, 0.6) is 5.75 Å². The van der Waals surface area contributed by atoms with Gasteiger partial charge in [0.25, 0.3) is 5.91 Å². The first-order chi connectivity index (χ1) is 9.49. The van der Waals surface area contributed by atoms with Crippen LogP contribution < -0.4 is 5.32 Å². The van der Waals surface area contributed by atoms with Gasteiger partial charge in [-0.15, -0.1) is 0 Å². The molecule has 0 aromatic heterocycles. The Labute approximate surface area is 124 Å². The third-order valence-corrected chi connectivity index (χ3v) is 3.33. The van der Waals surface area contributed by atoms with Gasteiger partial charge in [0.05, 0.1) is 5.56 Å². The lowest BCUT2D eigenvalue weighted by molar-refractivity contribution is 0.102. The maximum atomic E-state index is 13.2. The molecule has 2 aromatic rings. The molecule has 1 amide bonds. The van der Waals surface area contributed by atoms with E-state index in [0.717, 1.165) is 23.8 Å². The number of para-hydroxylation sites is 1. The van der Waals surface area contributed by atoms with E-state index in [1.54, 1.807) is 12.1 Å². The first-order valence-electron chi connectivity index (χ1n) is 6.02. The number of alkyl halides is 1. The fourth-order valence-electron chi connectivity index (χ4n) is 1.84. The van der Waals surface area contributed by atoms with Crippen molar-refractivity contribution in [1.82, 2.24) is 0 Å². The zero-order valence-corrected chi connectivity index (χ0v) is 12.3. The third-order valence-electron chi connectivity index (χ3n) is 2.84. The van der Waals surface area contributed by atoms with Crippen LogP contribution in [0.15, 0.2) is 42.5 Å². The number of hydrogen-bond donors (Lipinski definition) is 2. The van der Waals surface area contributed by atoms with Gasteiger partial charge < -0.3 is 10.4 Å². The van der Waals surface area contributed by atoms with Crippen LogP contribution in [0.2, 0.25) is 0 Å². The summed E-state index contributed by atoms with van der Waals surface area (Å²) in [7, 11) is 0. The Bertz CT molecular complexity index is 644. The second-order valence-electron chi connectivity index (χ2n) is 4.32. The van der Waals surface area contributed by atoms with E-state index in [1.165, 1.54) is 0 Å². The molecule has 0 radical (unpaired) electrons. The van der Waals surface area contributed by atoms with Crippen molar-refractivity contribution in [1.29, 1.82) is 0 Å². The number of rotatable bonds is 3. The maximum Gasteiger partial charge on any atom is 0.259 e. The van der Waals surface area contributed by atoms with Crippen molar-refractivity contribution >= 4 is 27.5 Å². The number of nitrogens with one attached hydrogen (secondary N) is 1. The number of anilines is 1. The van der Waals surface area contributed by atoms with Crippen LogP contribution in [0.1, 0.15) is 27.7 Å². The number of carbonyl (C=O) groups excluding carboxylic acids is 1. The summed E-state index contributed by atoms with van der Waals surface area (Å²) < 4.78 is 13.2. The highest BCUT2D eigenvalue weighted by atomic mass is 79.9. The topological polar surface area (TPSA) is 49.3 Å². The normalized spacial score (nSPS) is 11.9. The number of carbonyl (C=O) groups is 1. The Balaban J connectivity index is 2.31. The van der Waals surface area contributed by atoms with Crippen molar-refractivity contribution < 1.29 is 14.3 Å². The van der Waals surface area contributed by atoms with Gasteiger partial charge >= 0.3 is 0 Å². The van der Waals surface area contributed by atoms with E-state index in [9.17, 15) is 14.3 Å². The van der Waals surface area contributed by atoms with E-state index in [-0.39, 0.29) is 16.1 Å². The standard InChI is InChI=1S/C15H13BrFNO2/c1-9(16)11-4-2-3-5-13(11)18-15(20)12-8-10(17)6-7-14(12)19/h2-9,19H,1H3,(H,18,20). The van der Waals surface area contributed by atoms with Gasteiger partial charge in [-0.05, 0) is 36.8 Å². The molecule has 20 heavy (non-hydrogen) atoms. The minimum Gasteiger partial charge on any atom is -0.507 e. The van der Waals surface area contributed by atoms with Gasteiger partial charge in [0.15, 0.2) is 0 Å². The Kier molecular flexibility index (Phi) is 4.39. The molecule has 0 saturated heterocycles. The highest BCUT2D eigenvalue weighted by molar-refractivity contribution is 9.09. The SMILES string of the molecule is CC(Br)c1ccccc1NC(=O)c1cc(F)ccc1O. The molecule has 0 heterocycles. The summed E-state index contributed by atoms with van der Waals surface area (Å²) in [6, 6.07) is 10.5. The van der Waals surface area contributed by atoms with Crippen molar-refractivity contribution in [2.45, 2.75) is 11.8 Å². The summed E-state index contributed by atoms with van der Waals surface area (Å²) in [6.45, 7) is 1.94. The smallest absolute Gasteiger partial charge is 0.259 e. The third kappa shape index (κ3) is 3.17. The lowest BCUT2D eigenvalue weighted by Gasteiger charge is -2.13. The minimum atomic E-state index is -0.574. The molecule has 0 aliphatic heterocycles. The second-order valence-corrected chi connectivity index (χ2v) is 5.69. The number of halogens is 2. The number of hydrogen-bond acceptors (Lipinski definition) is 2. The van der Waals surface area contributed by atoms with Gasteiger partial charge in [-0.1, -0.05) is 34.1 Å². The zero-order chi connectivity index (χ0) is 14.7. The summed E-state index contributed by atoms with van der Waals surface area (Å²) in [6.07, 6.45) is 0. The molecule has 1 atom stereocenters. The molecule has 0 fully saturated rings. The molecule has 0 saturated carbocycles. The number of benzene rings is 2. The number of amides is 1. The van der Waals surface area contributed by atoms with Crippen molar-refractivity contribution in [2.75, 3.05) is 5.32 Å². The number of phenols is 1. The zero-order valence-electron chi connectivity index (χ0n) is 10.7. The van der Waals surface area contributed by atoms with E-state index < -0.39 is 11.7 Å². The molecule has 2 aromatic carbocycles. The second kappa shape index (κ2) is 6.05. The maximum absolute atomic E-state index is 13.2. The van der Waals surface area contributed by atoms with E-state index in [1.807, 2.05) is 19.1 Å². The van der Waals surface area contributed by atoms with Gasteiger partial charge in [-0.25, -0.2) is 4.39 Å². The molecule has 5 heteroatoms. The molecule has 0 aliphatic carbocycles. The molecule has 0 aliphatic rings. The van der Waals surface area contributed by atoms with E-state index in [2.05, 4.69) is 21.2 Å². The predicted octanol–water partition coefficient (Wildman–Crippen LogP) is 4.24. The van der Waals surface area contributed by atoms with Crippen LogP contribution >= 0.6 is 15.9 Å². The fraction of sp³-hybridized carbons (Fsp3) is 0.133. The van der Waals surface area contributed by atoms with Crippen molar-refractivity contribution in [2.24, 2.45) is 0 Å². The summed E-state index contributed by atoms with van der Waals surface area (Å²) >= 11 is 3.44. The summed E-state index contributed by atoms with van der Waals surface area (Å²) in [5, 5.41) is 12.3. The van der Waals surface area contributed by atoms with Gasteiger partial charge in [0.1, 0.15) is 11.6 Å². The molecular formula is C15H13BrFNO2. The minimum absolute atomic E-state index is 0.0557. The number of aromatic hydroxyl groups is 1. The van der Waals surface area contributed by atoms with E-state index in [0.29, 0.717) is 5.69 Å². The molecule has 3 nitrogen and oxygen atoms in total. The average molecular weight is 338 g/mol. The van der Waals surface area contributed by atoms with Crippen LogP contribution in [-0.4, -0.2) is 11.0 Å². The first kappa shape index (κ1) is 14.5. The molecule has 104 valence electrons. The van der Waals surface area contributed by atoms with Crippen LogP contribution in [0.3, 0.4) is 0 Å². The fourth-order valence-corrected chi connectivity index (χ4v) is 2.24. The molecule has 2 N–H and O–H groups in total. The van der Waals surface area contributed by atoms with Crippen molar-refractivity contribution in [3.63, 3.8) is 0 Å². The van der Waals surface area contributed by atoms with Crippen LogP contribution in [-0.2, 0) is 0 Å². The Hall–Kier alpha value is -1.88. The number of phenolic OH excluding ortho intramolecular Hbond substituents is 1. The van der Waals surface area contributed by atoms with Gasteiger partial charge in [0.2, 0.25) is 0 Å². The monoisotopic (exact) mass is 337 g/mol. The molecule has 0 spiro atoms. The molecular weight excluding hydrogens is 325 g/mol. The van der Waals surface area contributed by atoms with Crippen molar-refractivity contribution in [3.05, 3.63) is 59.4 Å². The Morgan fingerprint density at radius 1 is 1.30 bits per heavy atom. The lowest BCUT2D eigenvalue weighted by Crippen LogP contribution is -2.14. The highest BCUT2D eigenvalue weighted by Gasteiger charge is 2.15. The van der Waals surface area contributed by atoms with Gasteiger partial charge in [-0.3, -0.25) is 4.79 Å². The van der Waals surface area contributed by atoms with Crippen LogP contribution in [0.25, 0.3) is 0 Å². The summed E-state index contributed by atoms with van der Waals surface area (Å²) in [4.78, 5) is 12.2. The Morgan fingerprint density at radius 3 is 2.70 bits per heavy atom. The summed E-state index contributed by atoms with van der Waals surface area (Å²) in [5.41, 5.74) is 1.42. The average Bonchev–Trinajstić information content (AvgIpc) is 2.41. The van der Waals surface area contributed by atoms with Gasteiger partial charge in [0, 0.05) is 10.5 Å². The molecule has 2 rings (SSSR count). The largest absolute Gasteiger partial charge is 0.507 e. The highest BCUT2D eigenvalue weighted by Crippen LogP contribution is 2.29. The van der Waals surface area contributed by atoms with Crippen LogP contribution in [0.4, 0.5) is 10.1 Å². The Morgan fingerprint density at radius 2 is 2.00 bits per heavy atom.